The van der Waals surface area contributed by atoms with Gasteiger partial charge in [-0.25, -0.2) is 0 Å². The van der Waals surface area contributed by atoms with Crippen LogP contribution in [0.4, 0.5) is 0 Å². The molecule has 1 rings (SSSR count). The Bertz CT molecular complexity index is 549. The molecule has 0 bridgehead atoms. The van der Waals surface area contributed by atoms with Crippen molar-refractivity contribution in [2.75, 3.05) is 20.2 Å². The lowest BCUT2D eigenvalue weighted by molar-refractivity contribution is -0.137. The Balaban J connectivity index is 2.43. The second-order valence-corrected chi connectivity index (χ2v) is 6.87. The second kappa shape index (κ2) is 7.99. The summed E-state index contributed by atoms with van der Waals surface area (Å²) in [5.74, 6) is 0.526. The summed E-state index contributed by atoms with van der Waals surface area (Å²) in [4.78, 5) is 25.8. The lowest BCUT2D eigenvalue weighted by atomic mass is 9.95. The number of rotatable bonds is 6. The first-order chi connectivity index (χ1) is 10.6. The van der Waals surface area contributed by atoms with Crippen molar-refractivity contribution < 1.29 is 14.3 Å². The lowest BCUT2D eigenvalue weighted by Gasteiger charge is -2.25. The van der Waals surface area contributed by atoms with Crippen molar-refractivity contribution in [1.29, 1.82) is 0 Å². The van der Waals surface area contributed by atoms with Gasteiger partial charge >= 0.3 is 0 Å². The molecule has 0 saturated carbocycles. The van der Waals surface area contributed by atoms with Crippen molar-refractivity contribution in [3.8, 4) is 5.75 Å². The maximum absolute atomic E-state index is 12.3. The van der Waals surface area contributed by atoms with Gasteiger partial charge in [-0.05, 0) is 31.5 Å². The summed E-state index contributed by atoms with van der Waals surface area (Å²) in [6.45, 7) is 10.0. The van der Waals surface area contributed by atoms with Gasteiger partial charge in [0.1, 0.15) is 18.4 Å². The zero-order chi connectivity index (χ0) is 17.6. The van der Waals surface area contributed by atoms with Gasteiger partial charge in [-0.2, -0.15) is 0 Å². The molecule has 1 aromatic carbocycles. The van der Waals surface area contributed by atoms with E-state index in [1.165, 1.54) is 0 Å². The van der Waals surface area contributed by atoms with Gasteiger partial charge in [-0.1, -0.05) is 32.9 Å². The van der Waals surface area contributed by atoms with E-state index >= 15 is 0 Å². The zero-order valence-corrected chi connectivity index (χ0v) is 15.0. The Labute approximate surface area is 139 Å². The number of benzene rings is 1. The minimum Gasteiger partial charge on any atom is -0.492 e. The van der Waals surface area contributed by atoms with Crippen molar-refractivity contribution >= 4 is 11.8 Å². The Morgan fingerprint density at radius 2 is 1.96 bits per heavy atom. The van der Waals surface area contributed by atoms with Gasteiger partial charge in [-0.15, -0.1) is 0 Å². The average molecular weight is 320 g/mol. The van der Waals surface area contributed by atoms with Crippen molar-refractivity contribution in [1.82, 2.24) is 10.2 Å². The van der Waals surface area contributed by atoms with Crippen LogP contribution in [0.25, 0.3) is 0 Å². The molecule has 0 fully saturated rings. The topological polar surface area (TPSA) is 58.6 Å². The Morgan fingerprint density at radius 3 is 2.52 bits per heavy atom. The van der Waals surface area contributed by atoms with Crippen LogP contribution in [0.2, 0.25) is 0 Å². The van der Waals surface area contributed by atoms with E-state index in [9.17, 15) is 9.59 Å². The van der Waals surface area contributed by atoms with Crippen LogP contribution < -0.4 is 10.1 Å². The number of ether oxygens (including phenoxy) is 1. The molecule has 0 spiro atoms. The maximum Gasteiger partial charge on any atom is 0.244 e. The largest absolute Gasteiger partial charge is 0.492 e. The number of nitrogens with one attached hydrogen (secondary N) is 1. The summed E-state index contributed by atoms with van der Waals surface area (Å²) < 4.78 is 5.64. The van der Waals surface area contributed by atoms with Crippen LogP contribution >= 0.6 is 0 Å². The quantitative estimate of drug-likeness (QED) is 0.875. The van der Waals surface area contributed by atoms with Crippen LogP contribution in [0.1, 0.15) is 33.3 Å². The molecule has 23 heavy (non-hydrogen) atoms. The summed E-state index contributed by atoms with van der Waals surface area (Å²) in [6, 6.07) is 7.23. The first-order valence-corrected chi connectivity index (χ1v) is 7.86. The Kier molecular flexibility index (Phi) is 6.61. The zero-order valence-electron chi connectivity index (χ0n) is 15.0. The predicted molar refractivity (Wildman–Crippen MR) is 91.4 cm³/mol. The molecule has 1 aromatic rings. The number of nitrogens with zero attached hydrogens (tertiary/aromatic N) is 1. The van der Waals surface area contributed by atoms with Gasteiger partial charge in [0.15, 0.2) is 0 Å². The maximum atomic E-state index is 12.3. The summed E-state index contributed by atoms with van der Waals surface area (Å²) in [7, 11) is 1.71. The number of likely N-dealkylation sites (N-methyl/N-ethyl adjacent to an activating group) is 1. The molecule has 2 amide bonds. The Morgan fingerprint density at radius 1 is 1.30 bits per heavy atom. The second-order valence-electron chi connectivity index (χ2n) is 6.87. The molecule has 1 unspecified atom stereocenters. The van der Waals surface area contributed by atoms with Gasteiger partial charge < -0.3 is 15.0 Å². The van der Waals surface area contributed by atoms with E-state index in [0.717, 1.165) is 11.3 Å². The van der Waals surface area contributed by atoms with E-state index in [2.05, 4.69) is 5.32 Å². The normalized spacial score (nSPS) is 12.4. The van der Waals surface area contributed by atoms with E-state index in [-0.39, 0.29) is 11.8 Å². The van der Waals surface area contributed by atoms with Crippen LogP contribution in [0.3, 0.4) is 0 Å². The van der Waals surface area contributed by atoms with Crippen LogP contribution in [0.5, 0.6) is 5.75 Å². The summed E-state index contributed by atoms with van der Waals surface area (Å²) >= 11 is 0. The van der Waals surface area contributed by atoms with E-state index in [4.69, 9.17) is 4.74 Å². The SMILES string of the molecule is Cc1cccc(OCCN(C)C(=O)C(C)NC(=O)C(C)(C)C)c1. The van der Waals surface area contributed by atoms with Crippen LogP contribution in [0, 0.1) is 12.3 Å². The number of aryl methyl sites for hydroxylation is 1. The first kappa shape index (κ1) is 19.0. The van der Waals surface area contributed by atoms with Gasteiger partial charge in [0.2, 0.25) is 11.8 Å². The molecular formula is C18H28N2O3. The monoisotopic (exact) mass is 320 g/mol. The predicted octanol–water partition coefficient (Wildman–Crippen LogP) is 2.38. The molecule has 0 aliphatic carbocycles. The molecule has 1 N–H and O–H groups in total. The highest BCUT2D eigenvalue weighted by Crippen LogP contribution is 2.13. The van der Waals surface area contributed by atoms with Gasteiger partial charge in [0.25, 0.3) is 0 Å². The standard InChI is InChI=1S/C18H28N2O3/c1-13-8-7-9-15(12-13)23-11-10-20(6)16(21)14(2)19-17(22)18(3,4)5/h7-9,12,14H,10-11H2,1-6H3,(H,19,22). The molecule has 0 aromatic heterocycles. The van der Waals surface area contributed by atoms with E-state index in [1.807, 2.05) is 52.0 Å². The lowest BCUT2D eigenvalue weighted by Crippen LogP contribution is -2.49. The third kappa shape index (κ3) is 6.30. The van der Waals surface area contributed by atoms with Gasteiger partial charge in [0.05, 0.1) is 6.54 Å². The summed E-state index contributed by atoms with van der Waals surface area (Å²) in [6.07, 6.45) is 0. The van der Waals surface area contributed by atoms with Crippen molar-refractivity contribution in [3.63, 3.8) is 0 Å². The molecule has 0 aliphatic heterocycles. The minimum absolute atomic E-state index is 0.129. The highest BCUT2D eigenvalue weighted by atomic mass is 16.5. The highest BCUT2D eigenvalue weighted by molar-refractivity contribution is 5.89. The van der Waals surface area contributed by atoms with Crippen molar-refractivity contribution in [3.05, 3.63) is 29.8 Å². The average Bonchev–Trinajstić information content (AvgIpc) is 2.45. The Hall–Kier alpha value is -2.04. The number of hydrogen-bond donors (Lipinski definition) is 1. The molecule has 0 aliphatic rings. The number of amides is 2. The fourth-order valence-corrected chi connectivity index (χ4v) is 1.92. The van der Waals surface area contributed by atoms with Gasteiger partial charge in [-0.3, -0.25) is 9.59 Å². The van der Waals surface area contributed by atoms with Crippen LogP contribution in [0.15, 0.2) is 24.3 Å². The summed E-state index contributed by atoms with van der Waals surface area (Å²) in [5.41, 5.74) is 0.618. The van der Waals surface area contributed by atoms with Crippen LogP contribution in [-0.2, 0) is 9.59 Å². The molecule has 5 nitrogen and oxygen atoms in total. The number of carbonyl (C=O) groups excluding carboxylic acids is 2. The van der Waals surface area contributed by atoms with E-state index in [1.54, 1.807) is 18.9 Å². The van der Waals surface area contributed by atoms with Gasteiger partial charge in [0, 0.05) is 12.5 Å². The molecule has 1 atom stereocenters. The summed E-state index contributed by atoms with van der Waals surface area (Å²) in [5, 5.41) is 2.75. The highest BCUT2D eigenvalue weighted by Gasteiger charge is 2.26. The molecule has 0 heterocycles. The fraction of sp³-hybridized carbons (Fsp3) is 0.556. The van der Waals surface area contributed by atoms with Crippen LogP contribution in [-0.4, -0.2) is 43.0 Å². The number of carbonyl (C=O) groups is 2. The van der Waals surface area contributed by atoms with Crippen molar-refractivity contribution in [2.45, 2.75) is 40.7 Å². The van der Waals surface area contributed by atoms with E-state index in [0.29, 0.717) is 13.2 Å². The van der Waals surface area contributed by atoms with Crippen molar-refractivity contribution in [2.24, 2.45) is 5.41 Å². The first-order valence-electron chi connectivity index (χ1n) is 7.86. The molecule has 0 saturated heterocycles. The fourth-order valence-electron chi connectivity index (χ4n) is 1.92. The smallest absolute Gasteiger partial charge is 0.244 e. The third-order valence-corrected chi connectivity index (χ3v) is 3.46. The number of hydrogen-bond acceptors (Lipinski definition) is 3. The molecule has 5 heteroatoms. The molecule has 0 radical (unpaired) electrons. The third-order valence-electron chi connectivity index (χ3n) is 3.46. The minimum atomic E-state index is -0.550. The molecule has 128 valence electrons. The molecular weight excluding hydrogens is 292 g/mol. The van der Waals surface area contributed by atoms with E-state index < -0.39 is 11.5 Å².